The number of rotatable bonds is 8. The van der Waals surface area contributed by atoms with Gasteiger partial charge in [-0.1, -0.05) is 6.07 Å². The summed E-state index contributed by atoms with van der Waals surface area (Å²) in [6, 6.07) is 14.2. The molecule has 0 atom stereocenters. The van der Waals surface area contributed by atoms with Crippen molar-refractivity contribution in [2.45, 2.75) is 0 Å². The Morgan fingerprint density at radius 3 is 2.24 bits per heavy atom. The molecule has 2 aromatic carbocycles. The van der Waals surface area contributed by atoms with E-state index in [0.29, 0.717) is 17.2 Å². The molecule has 154 valence electrons. The third-order valence-electron chi connectivity index (χ3n) is 3.48. The van der Waals surface area contributed by atoms with E-state index in [4.69, 9.17) is 21.7 Å². The smallest absolute Gasteiger partial charge is 0.248 e. The van der Waals surface area contributed by atoms with Crippen molar-refractivity contribution in [1.29, 1.82) is 0 Å². The molecule has 2 amide bonds. The topological polar surface area (TPSA) is 101 Å². The van der Waals surface area contributed by atoms with Crippen molar-refractivity contribution in [3.05, 3.63) is 48.5 Å². The number of hydrogen-bond donors (Lipinski definition) is 4. The maximum absolute atomic E-state index is 11.9. The van der Waals surface area contributed by atoms with E-state index in [-0.39, 0.29) is 28.4 Å². The molecule has 2 rings (SSSR count). The molecule has 0 saturated heterocycles. The normalized spacial score (nSPS) is 9.86. The number of carbonyl (C=O) groups excluding carboxylic acids is 2. The number of nitrogens with one attached hydrogen (secondary N) is 4. The molecule has 0 radical (unpaired) electrons. The summed E-state index contributed by atoms with van der Waals surface area (Å²) in [5, 5.41) is 5.91. The van der Waals surface area contributed by atoms with Crippen LogP contribution < -0.4 is 31.0 Å². The summed E-state index contributed by atoms with van der Waals surface area (Å²) < 4.78 is 10.2. The van der Waals surface area contributed by atoms with Crippen LogP contribution in [-0.4, -0.2) is 42.7 Å². The number of amides is 2. The fourth-order valence-electron chi connectivity index (χ4n) is 2.13. The minimum Gasteiger partial charge on any atom is -0.497 e. The third kappa shape index (κ3) is 8.28. The molecule has 10 heteroatoms. The maximum Gasteiger partial charge on any atom is 0.248 e. The molecule has 2 aromatic rings. The number of hydrogen-bond acceptors (Lipinski definition) is 6. The standard InChI is InChI=1S/C19H22N4O4S2/c1-26-15-8-6-13(7-9-15)20-17(24)11-29-12-18(25)22-23-19(28)21-14-4-3-5-16(10-14)27-2/h3-10H,11-12H2,1-2H3,(H,20,24)(H,22,25)(H2,21,23,28). The zero-order valence-electron chi connectivity index (χ0n) is 16.0. The van der Waals surface area contributed by atoms with Gasteiger partial charge in [-0.15, -0.1) is 11.8 Å². The first-order chi connectivity index (χ1) is 14.0. The lowest BCUT2D eigenvalue weighted by Gasteiger charge is -2.12. The van der Waals surface area contributed by atoms with Gasteiger partial charge in [0.2, 0.25) is 11.8 Å². The molecule has 0 aliphatic rings. The van der Waals surface area contributed by atoms with Gasteiger partial charge in [0.25, 0.3) is 0 Å². The van der Waals surface area contributed by atoms with Crippen molar-refractivity contribution in [2.75, 3.05) is 36.4 Å². The molecule has 0 aliphatic heterocycles. The quantitative estimate of drug-likeness (QED) is 0.371. The second kappa shape index (κ2) is 11.8. The Labute approximate surface area is 178 Å². The number of thioether (sulfide) groups is 1. The van der Waals surface area contributed by atoms with Gasteiger partial charge in [-0.2, -0.15) is 0 Å². The van der Waals surface area contributed by atoms with Gasteiger partial charge in [-0.25, -0.2) is 0 Å². The summed E-state index contributed by atoms with van der Waals surface area (Å²) in [4.78, 5) is 23.8. The molecule has 0 fully saturated rings. The van der Waals surface area contributed by atoms with E-state index in [9.17, 15) is 9.59 Å². The highest BCUT2D eigenvalue weighted by Gasteiger charge is 2.07. The maximum atomic E-state index is 11.9. The average Bonchev–Trinajstić information content (AvgIpc) is 2.73. The summed E-state index contributed by atoms with van der Waals surface area (Å²) >= 11 is 6.31. The molecule has 8 nitrogen and oxygen atoms in total. The fourth-order valence-corrected chi connectivity index (χ4v) is 2.92. The van der Waals surface area contributed by atoms with E-state index in [1.165, 1.54) is 11.8 Å². The second-order valence-electron chi connectivity index (χ2n) is 5.63. The SMILES string of the molecule is COc1ccc(NC(=O)CSCC(=O)NNC(=S)Nc2cccc(OC)c2)cc1. The molecular weight excluding hydrogens is 412 g/mol. The Kier molecular flexibility index (Phi) is 9.06. The molecule has 29 heavy (non-hydrogen) atoms. The minimum absolute atomic E-state index is 0.102. The molecule has 0 aliphatic carbocycles. The summed E-state index contributed by atoms with van der Waals surface area (Å²) in [5.41, 5.74) is 6.47. The number of carbonyl (C=O) groups is 2. The molecule has 0 bridgehead atoms. The Balaban J connectivity index is 1.63. The van der Waals surface area contributed by atoms with Gasteiger partial charge in [0, 0.05) is 17.4 Å². The van der Waals surface area contributed by atoms with Crippen molar-refractivity contribution in [3.63, 3.8) is 0 Å². The molecule has 0 aromatic heterocycles. The fraction of sp³-hybridized carbons (Fsp3) is 0.211. The van der Waals surface area contributed by atoms with Gasteiger partial charge in [0.1, 0.15) is 11.5 Å². The van der Waals surface area contributed by atoms with Gasteiger partial charge < -0.3 is 20.1 Å². The first kappa shape index (κ1) is 22.3. The number of ether oxygens (including phenoxy) is 2. The predicted molar refractivity (Wildman–Crippen MR) is 119 cm³/mol. The van der Waals surface area contributed by atoms with Gasteiger partial charge in [-0.05, 0) is 48.6 Å². The van der Waals surface area contributed by atoms with Crippen LogP contribution in [0.5, 0.6) is 11.5 Å². The van der Waals surface area contributed by atoms with Crippen molar-refractivity contribution in [3.8, 4) is 11.5 Å². The van der Waals surface area contributed by atoms with E-state index < -0.39 is 0 Å². The number of hydrazine groups is 1. The van der Waals surface area contributed by atoms with Crippen LogP contribution in [0.1, 0.15) is 0 Å². The summed E-state index contributed by atoms with van der Waals surface area (Å²) in [7, 11) is 3.15. The van der Waals surface area contributed by atoms with Gasteiger partial charge in [0.15, 0.2) is 5.11 Å². The highest BCUT2D eigenvalue weighted by Crippen LogP contribution is 2.16. The van der Waals surface area contributed by atoms with Crippen LogP contribution in [0.2, 0.25) is 0 Å². The molecule has 0 spiro atoms. The lowest BCUT2D eigenvalue weighted by Crippen LogP contribution is -2.44. The monoisotopic (exact) mass is 434 g/mol. The molecular formula is C19H22N4O4S2. The largest absolute Gasteiger partial charge is 0.497 e. The van der Waals surface area contributed by atoms with Crippen molar-refractivity contribution in [2.24, 2.45) is 0 Å². The van der Waals surface area contributed by atoms with Gasteiger partial charge >= 0.3 is 0 Å². The lowest BCUT2D eigenvalue weighted by molar-refractivity contribution is -0.119. The second-order valence-corrected chi connectivity index (χ2v) is 7.02. The van der Waals surface area contributed by atoms with Crippen molar-refractivity contribution >= 4 is 52.3 Å². The Bertz CT molecular complexity index is 846. The lowest BCUT2D eigenvalue weighted by atomic mass is 10.3. The van der Waals surface area contributed by atoms with E-state index in [1.54, 1.807) is 44.6 Å². The van der Waals surface area contributed by atoms with Crippen LogP contribution in [0.4, 0.5) is 11.4 Å². The van der Waals surface area contributed by atoms with Crippen LogP contribution in [0, 0.1) is 0 Å². The number of methoxy groups -OCH3 is 2. The summed E-state index contributed by atoms with van der Waals surface area (Å²) in [6.45, 7) is 0. The van der Waals surface area contributed by atoms with Gasteiger partial charge in [-0.3, -0.25) is 20.4 Å². The van der Waals surface area contributed by atoms with E-state index in [1.807, 2.05) is 18.2 Å². The Morgan fingerprint density at radius 1 is 0.862 bits per heavy atom. The van der Waals surface area contributed by atoms with Crippen molar-refractivity contribution < 1.29 is 19.1 Å². The predicted octanol–water partition coefficient (Wildman–Crippen LogP) is 2.39. The summed E-state index contributed by atoms with van der Waals surface area (Å²) in [6.07, 6.45) is 0. The van der Waals surface area contributed by atoms with Crippen LogP contribution in [0.25, 0.3) is 0 Å². The molecule has 0 unspecified atom stereocenters. The van der Waals surface area contributed by atoms with Crippen LogP contribution >= 0.6 is 24.0 Å². The average molecular weight is 435 g/mol. The number of benzene rings is 2. The molecule has 4 N–H and O–H groups in total. The van der Waals surface area contributed by atoms with E-state index in [0.717, 1.165) is 5.69 Å². The van der Waals surface area contributed by atoms with Crippen LogP contribution in [0.3, 0.4) is 0 Å². The zero-order chi connectivity index (χ0) is 21.1. The summed E-state index contributed by atoms with van der Waals surface area (Å²) in [5.74, 6) is 1.14. The minimum atomic E-state index is -0.304. The van der Waals surface area contributed by atoms with Crippen molar-refractivity contribution in [1.82, 2.24) is 10.9 Å². The molecule has 0 heterocycles. The van der Waals surface area contributed by atoms with E-state index >= 15 is 0 Å². The van der Waals surface area contributed by atoms with Gasteiger partial charge in [0.05, 0.1) is 25.7 Å². The number of thiocarbonyl (C=S) groups is 1. The highest BCUT2D eigenvalue weighted by atomic mass is 32.2. The zero-order valence-corrected chi connectivity index (χ0v) is 17.6. The first-order valence-electron chi connectivity index (χ1n) is 8.51. The third-order valence-corrected chi connectivity index (χ3v) is 4.62. The van der Waals surface area contributed by atoms with Crippen LogP contribution in [-0.2, 0) is 9.59 Å². The van der Waals surface area contributed by atoms with Crippen LogP contribution in [0.15, 0.2) is 48.5 Å². The highest BCUT2D eigenvalue weighted by molar-refractivity contribution is 8.00. The van der Waals surface area contributed by atoms with E-state index in [2.05, 4.69) is 21.5 Å². The Hall–Kier alpha value is -2.98. The number of anilines is 2. The molecule has 0 saturated carbocycles. The first-order valence-corrected chi connectivity index (χ1v) is 10.1. The Morgan fingerprint density at radius 2 is 1.55 bits per heavy atom.